The second-order valence-electron chi connectivity index (χ2n) is 5.88. The van der Waals surface area contributed by atoms with Crippen LogP contribution in [0.15, 0.2) is 45.8 Å². The highest BCUT2D eigenvalue weighted by atomic mass is 79.9. The third-order valence-electron chi connectivity index (χ3n) is 4.01. The molecule has 0 saturated carbocycles. The zero-order chi connectivity index (χ0) is 21.0. The van der Waals surface area contributed by atoms with Crippen molar-refractivity contribution in [3.8, 4) is 23.8 Å². The first-order valence-electron chi connectivity index (χ1n) is 8.37. The van der Waals surface area contributed by atoms with E-state index in [2.05, 4.69) is 21.9 Å². The summed E-state index contributed by atoms with van der Waals surface area (Å²) >= 11 is 10.4. The average Bonchev–Trinajstić information content (AvgIpc) is 2.95. The summed E-state index contributed by atoms with van der Waals surface area (Å²) < 4.78 is 11.7. The van der Waals surface area contributed by atoms with E-state index in [9.17, 15) is 9.59 Å². The first kappa shape index (κ1) is 21.3. The molecule has 0 spiro atoms. The van der Waals surface area contributed by atoms with Gasteiger partial charge in [0.1, 0.15) is 6.61 Å². The van der Waals surface area contributed by atoms with Crippen LogP contribution in [-0.4, -0.2) is 29.8 Å². The van der Waals surface area contributed by atoms with Crippen LogP contribution in [0.3, 0.4) is 0 Å². The van der Waals surface area contributed by atoms with E-state index in [0.717, 1.165) is 21.1 Å². The summed E-state index contributed by atoms with van der Waals surface area (Å²) in [5.74, 6) is 2.85. The van der Waals surface area contributed by atoms with Gasteiger partial charge in [-0.25, -0.2) is 0 Å². The predicted octanol–water partition coefficient (Wildman–Crippen LogP) is 5.36. The number of ether oxygens (including phenoxy) is 2. The summed E-state index contributed by atoms with van der Waals surface area (Å²) in [5.41, 5.74) is 1.26. The number of hydrogen-bond acceptors (Lipinski definition) is 5. The van der Waals surface area contributed by atoms with Gasteiger partial charge < -0.3 is 9.47 Å². The number of hydrogen-bond donors (Lipinski definition) is 0. The number of nitrogens with zero attached hydrogens (tertiary/aromatic N) is 1. The molecule has 0 aromatic heterocycles. The number of rotatable bonds is 6. The minimum Gasteiger partial charge on any atom is -0.493 e. The molecule has 3 rings (SSSR count). The Kier molecular flexibility index (Phi) is 6.91. The zero-order valence-electron chi connectivity index (χ0n) is 15.3. The lowest BCUT2D eigenvalue weighted by atomic mass is 10.1. The van der Waals surface area contributed by atoms with Crippen LogP contribution in [0.2, 0.25) is 5.02 Å². The fourth-order valence-electron chi connectivity index (χ4n) is 2.69. The Balaban J connectivity index is 1.94. The van der Waals surface area contributed by atoms with Gasteiger partial charge in [0.2, 0.25) is 0 Å². The molecular weight excluding hydrogens is 478 g/mol. The monoisotopic (exact) mass is 491 g/mol. The third kappa shape index (κ3) is 4.78. The van der Waals surface area contributed by atoms with Crippen molar-refractivity contribution in [1.82, 2.24) is 4.90 Å². The highest BCUT2D eigenvalue weighted by Crippen LogP contribution is 2.40. The molecule has 0 atom stereocenters. The highest BCUT2D eigenvalue weighted by Gasteiger charge is 2.35. The minimum atomic E-state index is -0.401. The molecule has 1 saturated heterocycles. The van der Waals surface area contributed by atoms with Crippen molar-refractivity contribution in [2.45, 2.75) is 6.54 Å². The van der Waals surface area contributed by atoms with Crippen molar-refractivity contribution in [3.63, 3.8) is 0 Å². The van der Waals surface area contributed by atoms with Crippen LogP contribution in [0.5, 0.6) is 11.5 Å². The molecule has 0 bridgehead atoms. The number of benzene rings is 2. The van der Waals surface area contributed by atoms with Crippen molar-refractivity contribution in [2.24, 2.45) is 0 Å². The molecule has 8 heteroatoms. The van der Waals surface area contributed by atoms with Crippen LogP contribution in [0.25, 0.3) is 6.08 Å². The van der Waals surface area contributed by atoms with Gasteiger partial charge >= 0.3 is 0 Å². The van der Waals surface area contributed by atoms with Crippen molar-refractivity contribution >= 4 is 56.5 Å². The van der Waals surface area contributed by atoms with Gasteiger partial charge in [0, 0.05) is 15.1 Å². The zero-order valence-corrected chi connectivity index (χ0v) is 18.4. The fourth-order valence-corrected chi connectivity index (χ4v) is 4.17. The molecule has 1 heterocycles. The van der Waals surface area contributed by atoms with Crippen LogP contribution >= 0.6 is 39.3 Å². The van der Waals surface area contributed by atoms with Crippen LogP contribution in [0.1, 0.15) is 11.1 Å². The summed E-state index contributed by atoms with van der Waals surface area (Å²) in [6.07, 6.45) is 6.89. The molecule has 0 aliphatic carbocycles. The summed E-state index contributed by atoms with van der Waals surface area (Å²) in [7, 11) is 1.51. The van der Waals surface area contributed by atoms with Gasteiger partial charge in [0.15, 0.2) is 11.5 Å². The van der Waals surface area contributed by atoms with E-state index in [1.54, 1.807) is 42.5 Å². The molecule has 0 N–H and O–H groups in total. The van der Waals surface area contributed by atoms with Gasteiger partial charge in [0.25, 0.3) is 11.1 Å². The maximum absolute atomic E-state index is 12.9. The summed E-state index contributed by atoms with van der Waals surface area (Å²) in [6, 6.07) is 10.6. The van der Waals surface area contributed by atoms with Crippen LogP contribution in [-0.2, 0) is 11.3 Å². The molecule has 0 unspecified atom stereocenters. The van der Waals surface area contributed by atoms with E-state index >= 15 is 0 Å². The molecule has 2 aromatic carbocycles. The standard InChI is InChI=1S/C21H15BrClNO4S/c1-3-8-28-19-14(9-15(22)11-17(19)27-2)10-18-20(25)24(21(26)29-18)12-13-6-4-5-7-16(13)23/h1,4-7,9-11H,8,12H2,2H3/b18-10+. The molecule has 148 valence electrons. The molecule has 29 heavy (non-hydrogen) atoms. The number of methoxy groups -OCH3 is 1. The first-order valence-corrected chi connectivity index (χ1v) is 10.4. The predicted molar refractivity (Wildman–Crippen MR) is 118 cm³/mol. The fraction of sp³-hybridized carbons (Fsp3) is 0.143. The van der Waals surface area contributed by atoms with E-state index < -0.39 is 5.91 Å². The van der Waals surface area contributed by atoms with Gasteiger partial charge in [-0.05, 0) is 41.6 Å². The van der Waals surface area contributed by atoms with E-state index in [0.29, 0.717) is 27.6 Å². The minimum absolute atomic E-state index is 0.0345. The number of thioether (sulfide) groups is 1. The SMILES string of the molecule is C#CCOc1c(/C=C2/SC(=O)N(Cc3ccccc3Cl)C2=O)cc(Br)cc1OC. The van der Waals surface area contributed by atoms with Gasteiger partial charge in [-0.3, -0.25) is 14.5 Å². The Bertz CT molecular complexity index is 1050. The van der Waals surface area contributed by atoms with E-state index in [1.165, 1.54) is 7.11 Å². The lowest BCUT2D eigenvalue weighted by molar-refractivity contribution is -0.123. The topological polar surface area (TPSA) is 55.8 Å². The summed E-state index contributed by atoms with van der Waals surface area (Å²) in [4.78, 5) is 26.7. The number of amides is 2. The van der Waals surface area contributed by atoms with Crippen molar-refractivity contribution in [2.75, 3.05) is 13.7 Å². The molecule has 2 aromatic rings. The van der Waals surface area contributed by atoms with E-state index in [-0.39, 0.29) is 23.3 Å². The molecule has 1 fully saturated rings. The Labute approximate surface area is 186 Å². The second kappa shape index (κ2) is 9.40. The van der Waals surface area contributed by atoms with Gasteiger partial charge in [-0.1, -0.05) is 51.7 Å². The lowest BCUT2D eigenvalue weighted by Crippen LogP contribution is -2.27. The molecule has 2 amide bonds. The third-order valence-corrected chi connectivity index (χ3v) is 5.75. The smallest absolute Gasteiger partial charge is 0.293 e. The Morgan fingerprint density at radius 3 is 2.76 bits per heavy atom. The van der Waals surface area contributed by atoms with Crippen LogP contribution < -0.4 is 9.47 Å². The molecule has 5 nitrogen and oxygen atoms in total. The normalized spacial score (nSPS) is 15.0. The van der Waals surface area contributed by atoms with Crippen molar-refractivity contribution in [3.05, 3.63) is 61.9 Å². The van der Waals surface area contributed by atoms with Gasteiger partial charge in [-0.15, -0.1) is 6.42 Å². The quantitative estimate of drug-likeness (QED) is 0.401. The Morgan fingerprint density at radius 1 is 1.31 bits per heavy atom. The number of imide groups is 1. The maximum Gasteiger partial charge on any atom is 0.293 e. The van der Waals surface area contributed by atoms with Gasteiger partial charge in [0.05, 0.1) is 18.6 Å². The lowest BCUT2D eigenvalue weighted by Gasteiger charge is -2.14. The first-order chi connectivity index (χ1) is 13.9. The number of terminal acetylenes is 1. The molecule has 0 radical (unpaired) electrons. The van der Waals surface area contributed by atoms with E-state index in [4.69, 9.17) is 27.5 Å². The second-order valence-corrected chi connectivity index (χ2v) is 8.19. The maximum atomic E-state index is 12.9. The van der Waals surface area contributed by atoms with Gasteiger partial charge in [-0.2, -0.15) is 0 Å². The number of halogens is 2. The molecular formula is C21H15BrClNO4S. The summed E-state index contributed by atoms with van der Waals surface area (Å²) in [6.45, 7) is 0.136. The largest absolute Gasteiger partial charge is 0.493 e. The number of carbonyl (C=O) groups excluding carboxylic acids is 2. The van der Waals surface area contributed by atoms with Crippen LogP contribution in [0, 0.1) is 12.3 Å². The van der Waals surface area contributed by atoms with Crippen molar-refractivity contribution < 1.29 is 19.1 Å². The Morgan fingerprint density at radius 2 is 2.07 bits per heavy atom. The molecule has 1 aliphatic heterocycles. The Hall–Kier alpha value is -2.40. The highest BCUT2D eigenvalue weighted by molar-refractivity contribution is 9.10. The average molecular weight is 493 g/mol. The summed E-state index contributed by atoms with van der Waals surface area (Å²) in [5, 5.41) is 0.131. The van der Waals surface area contributed by atoms with Crippen LogP contribution in [0.4, 0.5) is 4.79 Å². The van der Waals surface area contributed by atoms with E-state index in [1.807, 2.05) is 0 Å². The van der Waals surface area contributed by atoms with Crippen molar-refractivity contribution in [1.29, 1.82) is 0 Å². The number of carbonyl (C=O) groups is 2. The molecule has 1 aliphatic rings.